The van der Waals surface area contributed by atoms with Gasteiger partial charge in [0.25, 0.3) is 5.91 Å². The first kappa shape index (κ1) is 22.4. The van der Waals surface area contributed by atoms with E-state index in [0.29, 0.717) is 10.9 Å². The number of rotatable bonds is 2. The summed E-state index contributed by atoms with van der Waals surface area (Å²) in [6, 6.07) is 2.27. The van der Waals surface area contributed by atoms with E-state index in [4.69, 9.17) is 16.3 Å². The van der Waals surface area contributed by atoms with Gasteiger partial charge >= 0.3 is 6.09 Å². The van der Waals surface area contributed by atoms with Gasteiger partial charge < -0.3 is 9.30 Å². The van der Waals surface area contributed by atoms with E-state index >= 15 is 0 Å². The molecular weight excluding hydrogens is 432 g/mol. The Bertz CT molecular complexity index is 1110. The minimum Gasteiger partial charge on any atom is -0.443 e. The van der Waals surface area contributed by atoms with E-state index in [9.17, 15) is 18.5 Å². The smallest absolute Gasteiger partial charge is 0.417 e. The lowest BCUT2D eigenvalue weighted by Gasteiger charge is -2.26. The Hall–Kier alpha value is -2.31. The number of hydrogen-bond acceptors (Lipinski definition) is 6. The summed E-state index contributed by atoms with van der Waals surface area (Å²) in [4.78, 5) is 34.3. The number of benzene rings is 1. The van der Waals surface area contributed by atoms with Crippen LogP contribution >= 0.6 is 18.7 Å². The number of ether oxygens (including phenoxy) is 1. The number of aromatic nitrogens is 2. The maximum absolute atomic E-state index is 14.4. The van der Waals surface area contributed by atoms with Crippen molar-refractivity contribution in [2.24, 2.45) is 0 Å². The number of carbonyl (C=O) groups is 2. The number of amides is 2. The summed E-state index contributed by atoms with van der Waals surface area (Å²) < 4.78 is 32.8. The second-order valence-electron chi connectivity index (χ2n) is 8.47. The van der Waals surface area contributed by atoms with Crippen LogP contribution in [-0.2, 0) is 9.30 Å². The molecule has 2 amide bonds. The Kier molecular flexibility index (Phi) is 5.54. The van der Waals surface area contributed by atoms with Crippen molar-refractivity contribution in [1.29, 1.82) is 0 Å². The van der Waals surface area contributed by atoms with Crippen LogP contribution < -0.4 is 5.30 Å². The van der Waals surface area contributed by atoms with Crippen LogP contribution in [0.1, 0.15) is 49.7 Å². The summed E-state index contributed by atoms with van der Waals surface area (Å²) in [7, 11) is -2.92. The Morgan fingerprint density at radius 3 is 2.50 bits per heavy atom. The lowest BCUT2D eigenvalue weighted by atomic mass is 10.0. The zero-order valence-electron chi connectivity index (χ0n) is 17.5. The molecule has 0 N–H and O–H groups in total. The monoisotopic (exact) mass is 453 g/mol. The van der Waals surface area contributed by atoms with Gasteiger partial charge in [0.2, 0.25) is 5.28 Å². The van der Waals surface area contributed by atoms with Crippen molar-refractivity contribution in [3.8, 4) is 11.3 Å². The Morgan fingerprint density at radius 2 is 1.93 bits per heavy atom. The van der Waals surface area contributed by atoms with Gasteiger partial charge in [0.05, 0.1) is 12.2 Å². The molecule has 0 radical (unpaired) electrons. The van der Waals surface area contributed by atoms with Gasteiger partial charge in [-0.3, -0.25) is 4.79 Å². The highest BCUT2D eigenvalue weighted by Gasteiger charge is 2.43. The summed E-state index contributed by atoms with van der Waals surface area (Å²) in [5, 5.41) is 0.204. The van der Waals surface area contributed by atoms with E-state index in [1.54, 1.807) is 41.0 Å². The third-order valence-electron chi connectivity index (χ3n) is 4.57. The third kappa shape index (κ3) is 4.12. The summed E-state index contributed by atoms with van der Waals surface area (Å²) in [6.07, 6.45) is 0.119. The maximum Gasteiger partial charge on any atom is 0.417 e. The van der Waals surface area contributed by atoms with E-state index in [0.717, 1.165) is 11.1 Å². The normalized spacial score (nSPS) is 16.6. The summed E-state index contributed by atoms with van der Waals surface area (Å²) in [5.74, 6) is -1.35. The number of nitrogens with zero attached hydrogens (tertiary/aromatic N) is 3. The molecule has 1 aliphatic rings. The summed E-state index contributed by atoms with van der Waals surface area (Å²) >= 11 is 5.81. The molecule has 1 atom stereocenters. The van der Waals surface area contributed by atoms with Crippen LogP contribution in [0.5, 0.6) is 0 Å². The molecule has 30 heavy (non-hydrogen) atoms. The first-order valence-electron chi connectivity index (χ1n) is 9.19. The zero-order chi connectivity index (χ0) is 22.6. The Morgan fingerprint density at radius 1 is 1.30 bits per heavy atom. The van der Waals surface area contributed by atoms with Crippen LogP contribution in [-0.4, -0.2) is 45.8 Å². The van der Waals surface area contributed by atoms with Gasteiger partial charge in [0.15, 0.2) is 5.82 Å². The molecule has 2 heterocycles. The molecule has 3 rings (SSSR count). The quantitative estimate of drug-likeness (QED) is 0.486. The Balaban J connectivity index is 2.22. The van der Waals surface area contributed by atoms with Crippen LogP contribution in [0.3, 0.4) is 0 Å². The van der Waals surface area contributed by atoms with Gasteiger partial charge in [-0.15, -0.1) is 0 Å². The van der Waals surface area contributed by atoms with Crippen molar-refractivity contribution in [2.75, 3.05) is 13.3 Å². The second-order valence-corrected chi connectivity index (χ2v) is 12.0. The van der Waals surface area contributed by atoms with E-state index < -0.39 is 36.6 Å². The topological polar surface area (TPSA) is 89.5 Å². The predicted octanol–water partition coefficient (Wildman–Crippen LogP) is 4.64. The summed E-state index contributed by atoms with van der Waals surface area (Å²) in [5.41, 5.74) is -0.0851. The van der Waals surface area contributed by atoms with Crippen molar-refractivity contribution in [3.05, 3.63) is 40.6 Å². The molecule has 1 aromatic carbocycles. The number of carbonyl (C=O) groups excluding carboxylic acids is 2. The first-order chi connectivity index (χ1) is 13.7. The van der Waals surface area contributed by atoms with Gasteiger partial charge in [-0.1, -0.05) is 0 Å². The van der Waals surface area contributed by atoms with Crippen molar-refractivity contribution >= 4 is 36.0 Å². The molecule has 0 saturated heterocycles. The van der Waals surface area contributed by atoms with E-state index in [1.165, 1.54) is 12.1 Å². The highest BCUT2D eigenvalue weighted by molar-refractivity contribution is 7.70. The van der Waals surface area contributed by atoms with E-state index in [1.807, 2.05) is 0 Å². The van der Waals surface area contributed by atoms with Gasteiger partial charge in [0.1, 0.15) is 18.4 Å². The van der Waals surface area contributed by atoms with Crippen LogP contribution in [0.25, 0.3) is 11.3 Å². The molecular formula is C20H22ClFN3O4P. The van der Waals surface area contributed by atoms with E-state index in [-0.39, 0.29) is 22.1 Å². The molecule has 0 fully saturated rings. The predicted molar refractivity (Wildman–Crippen MR) is 112 cm³/mol. The lowest BCUT2D eigenvalue weighted by molar-refractivity contribution is 0.0203. The molecule has 0 spiro atoms. The molecule has 10 heteroatoms. The van der Waals surface area contributed by atoms with Crippen LogP contribution in [0.15, 0.2) is 18.3 Å². The molecule has 0 aliphatic carbocycles. The van der Waals surface area contributed by atoms with Crippen LogP contribution in [0, 0.1) is 5.82 Å². The minimum atomic E-state index is -2.92. The van der Waals surface area contributed by atoms with Crippen molar-refractivity contribution in [2.45, 2.75) is 39.3 Å². The zero-order valence-corrected chi connectivity index (χ0v) is 19.1. The number of fused-ring (bicyclic) bond motifs is 1. The van der Waals surface area contributed by atoms with Crippen molar-refractivity contribution < 1.29 is 23.3 Å². The van der Waals surface area contributed by atoms with Gasteiger partial charge in [-0.05, 0) is 70.3 Å². The molecule has 0 bridgehead atoms. The third-order valence-corrected chi connectivity index (χ3v) is 6.28. The number of hydrogen-bond donors (Lipinski definition) is 0. The lowest BCUT2D eigenvalue weighted by Crippen LogP contribution is -2.38. The van der Waals surface area contributed by atoms with Crippen LogP contribution in [0.4, 0.5) is 9.18 Å². The molecule has 160 valence electrons. The number of halogens is 2. The maximum atomic E-state index is 14.4. The fourth-order valence-corrected chi connectivity index (χ4v) is 4.84. The largest absolute Gasteiger partial charge is 0.443 e. The van der Waals surface area contributed by atoms with Crippen molar-refractivity contribution in [1.82, 2.24) is 14.9 Å². The second kappa shape index (κ2) is 7.43. The first-order valence-corrected chi connectivity index (χ1v) is 12.2. The number of imide groups is 1. The van der Waals surface area contributed by atoms with Gasteiger partial charge in [-0.2, -0.15) is 0 Å². The molecule has 1 aliphatic heterocycles. The summed E-state index contributed by atoms with van der Waals surface area (Å²) in [6.45, 7) is 9.84. The fourth-order valence-electron chi connectivity index (χ4n) is 3.37. The standard InChI is InChI=1S/C20H22ClFN3O4P/c1-10-15-12(17(26)25(10)19(27)29-20(2,3)4)7-11(8-14(15)30(5,6)28)16-13(22)9-23-18(21)24-16/h7-10H,1-6H3. The highest BCUT2D eigenvalue weighted by atomic mass is 35.5. The fraction of sp³-hybridized carbons (Fsp3) is 0.400. The average molecular weight is 454 g/mol. The van der Waals surface area contributed by atoms with Gasteiger partial charge in [-0.25, -0.2) is 24.1 Å². The molecule has 0 saturated carbocycles. The average Bonchev–Trinajstić information content (AvgIpc) is 2.85. The molecule has 1 unspecified atom stereocenters. The van der Waals surface area contributed by atoms with Crippen molar-refractivity contribution in [3.63, 3.8) is 0 Å². The highest BCUT2D eigenvalue weighted by Crippen LogP contribution is 2.44. The van der Waals surface area contributed by atoms with Gasteiger partial charge in [0, 0.05) is 16.4 Å². The molecule has 2 aromatic rings. The molecule has 7 nitrogen and oxygen atoms in total. The van der Waals surface area contributed by atoms with Crippen LogP contribution in [0.2, 0.25) is 5.28 Å². The minimum absolute atomic E-state index is 0.122. The van der Waals surface area contributed by atoms with E-state index in [2.05, 4.69) is 9.97 Å². The Labute approximate surface area is 179 Å². The molecule has 1 aromatic heterocycles. The SMILES string of the molecule is CC1c2c(cc(-c3nc(Cl)ncc3F)cc2P(C)(C)=O)C(=O)N1C(=O)OC(C)(C)C.